The van der Waals surface area contributed by atoms with E-state index in [0.717, 1.165) is 22.8 Å². The molecule has 7 nitrogen and oxygen atoms in total. The number of aromatic nitrogens is 2. The van der Waals surface area contributed by atoms with Crippen molar-refractivity contribution in [2.24, 2.45) is 0 Å². The van der Waals surface area contributed by atoms with Crippen molar-refractivity contribution in [1.29, 1.82) is 0 Å². The SMILES string of the molecule is CC(=O)Nc1cccc(Nc2cc(Nc3ccc(OC(C)C)cc3)nc(C)n2)c1. The molecule has 0 spiro atoms. The van der Waals surface area contributed by atoms with Crippen LogP contribution >= 0.6 is 0 Å². The zero-order chi connectivity index (χ0) is 20.8. The van der Waals surface area contributed by atoms with E-state index in [2.05, 4.69) is 25.9 Å². The van der Waals surface area contributed by atoms with Gasteiger partial charge in [0.05, 0.1) is 6.10 Å². The lowest BCUT2D eigenvalue weighted by Crippen LogP contribution is -2.06. The van der Waals surface area contributed by atoms with E-state index in [0.29, 0.717) is 17.5 Å². The Hall–Kier alpha value is -3.61. The van der Waals surface area contributed by atoms with Gasteiger partial charge in [-0.1, -0.05) is 6.07 Å². The minimum Gasteiger partial charge on any atom is -0.491 e. The molecule has 0 fully saturated rings. The molecule has 150 valence electrons. The highest BCUT2D eigenvalue weighted by molar-refractivity contribution is 5.89. The first-order chi connectivity index (χ1) is 13.9. The van der Waals surface area contributed by atoms with Crippen LogP contribution in [-0.2, 0) is 4.79 Å². The molecule has 0 atom stereocenters. The summed E-state index contributed by atoms with van der Waals surface area (Å²) in [5.74, 6) is 2.67. The predicted octanol–water partition coefficient (Wildman–Crippen LogP) is 5.02. The van der Waals surface area contributed by atoms with Gasteiger partial charge in [-0.25, -0.2) is 9.97 Å². The highest BCUT2D eigenvalue weighted by atomic mass is 16.5. The van der Waals surface area contributed by atoms with Crippen LogP contribution in [0.2, 0.25) is 0 Å². The molecule has 0 aliphatic heterocycles. The van der Waals surface area contributed by atoms with Crippen LogP contribution in [0.3, 0.4) is 0 Å². The van der Waals surface area contributed by atoms with Crippen molar-refractivity contribution in [1.82, 2.24) is 9.97 Å². The summed E-state index contributed by atoms with van der Waals surface area (Å²) in [7, 11) is 0. The molecule has 1 amide bonds. The molecule has 0 saturated heterocycles. The van der Waals surface area contributed by atoms with Gasteiger partial charge in [0.15, 0.2) is 0 Å². The largest absolute Gasteiger partial charge is 0.491 e. The summed E-state index contributed by atoms with van der Waals surface area (Å²) in [6.07, 6.45) is 0.135. The zero-order valence-corrected chi connectivity index (χ0v) is 17.0. The van der Waals surface area contributed by atoms with Gasteiger partial charge in [-0.15, -0.1) is 0 Å². The second kappa shape index (κ2) is 9.05. The van der Waals surface area contributed by atoms with Gasteiger partial charge < -0.3 is 20.7 Å². The van der Waals surface area contributed by atoms with Gasteiger partial charge in [0.25, 0.3) is 0 Å². The van der Waals surface area contributed by atoms with Gasteiger partial charge in [-0.05, 0) is 63.2 Å². The van der Waals surface area contributed by atoms with Crippen LogP contribution in [0.5, 0.6) is 5.75 Å². The number of carbonyl (C=O) groups is 1. The fourth-order valence-corrected chi connectivity index (χ4v) is 2.76. The molecule has 3 rings (SSSR count). The Bertz CT molecular complexity index is 987. The maximum atomic E-state index is 11.3. The van der Waals surface area contributed by atoms with E-state index in [1.165, 1.54) is 6.92 Å². The Morgan fingerprint density at radius 2 is 1.52 bits per heavy atom. The Balaban J connectivity index is 1.74. The number of aryl methyl sites for hydroxylation is 1. The quantitative estimate of drug-likeness (QED) is 0.524. The van der Waals surface area contributed by atoms with Gasteiger partial charge in [-0.2, -0.15) is 0 Å². The zero-order valence-electron chi connectivity index (χ0n) is 17.0. The summed E-state index contributed by atoms with van der Waals surface area (Å²) in [4.78, 5) is 20.1. The number of anilines is 5. The third-order valence-electron chi connectivity index (χ3n) is 3.79. The third kappa shape index (κ3) is 6.21. The van der Waals surface area contributed by atoms with Gasteiger partial charge in [0, 0.05) is 30.1 Å². The molecular weight excluding hydrogens is 366 g/mol. The number of rotatable bonds is 7. The molecule has 0 radical (unpaired) electrons. The van der Waals surface area contributed by atoms with Crippen molar-refractivity contribution in [3.8, 4) is 5.75 Å². The number of amides is 1. The first-order valence-corrected chi connectivity index (χ1v) is 9.41. The van der Waals surface area contributed by atoms with Crippen LogP contribution in [0.25, 0.3) is 0 Å². The second-order valence-corrected chi connectivity index (χ2v) is 6.89. The molecule has 1 aromatic heterocycles. The summed E-state index contributed by atoms with van der Waals surface area (Å²) in [6, 6.07) is 17.0. The number of ether oxygens (including phenoxy) is 1. The van der Waals surface area contributed by atoms with Gasteiger partial charge in [-0.3, -0.25) is 4.79 Å². The molecule has 0 aliphatic carbocycles. The minimum absolute atomic E-state index is 0.115. The van der Waals surface area contributed by atoms with Crippen molar-refractivity contribution in [2.75, 3.05) is 16.0 Å². The van der Waals surface area contributed by atoms with Crippen molar-refractivity contribution >= 4 is 34.6 Å². The molecule has 0 saturated carbocycles. The van der Waals surface area contributed by atoms with Crippen LogP contribution in [0.1, 0.15) is 26.6 Å². The minimum atomic E-state index is -0.115. The van der Waals surface area contributed by atoms with E-state index in [1.54, 1.807) is 0 Å². The number of nitrogens with zero attached hydrogens (tertiary/aromatic N) is 2. The fraction of sp³-hybridized carbons (Fsp3) is 0.227. The molecule has 2 aromatic carbocycles. The summed E-state index contributed by atoms with van der Waals surface area (Å²) in [5, 5.41) is 9.31. The Morgan fingerprint density at radius 1 is 0.897 bits per heavy atom. The molecule has 1 heterocycles. The van der Waals surface area contributed by atoms with Crippen molar-refractivity contribution in [3.63, 3.8) is 0 Å². The normalized spacial score (nSPS) is 10.5. The summed E-state index contributed by atoms with van der Waals surface area (Å²) < 4.78 is 5.67. The molecule has 0 unspecified atom stereocenters. The van der Waals surface area contributed by atoms with Crippen LogP contribution in [0.15, 0.2) is 54.6 Å². The number of benzene rings is 2. The molecule has 7 heteroatoms. The van der Waals surface area contributed by atoms with Crippen LogP contribution in [0.4, 0.5) is 28.7 Å². The van der Waals surface area contributed by atoms with E-state index in [4.69, 9.17) is 4.74 Å². The Labute approximate surface area is 170 Å². The lowest BCUT2D eigenvalue weighted by Gasteiger charge is -2.12. The Kier molecular flexibility index (Phi) is 6.29. The molecule has 0 bridgehead atoms. The van der Waals surface area contributed by atoms with Crippen LogP contribution in [-0.4, -0.2) is 22.0 Å². The first kappa shape index (κ1) is 20.1. The number of carbonyl (C=O) groups excluding carboxylic acids is 1. The van der Waals surface area contributed by atoms with Crippen molar-refractivity contribution < 1.29 is 9.53 Å². The van der Waals surface area contributed by atoms with Gasteiger partial charge in [0.2, 0.25) is 5.91 Å². The lowest BCUT2D eigenvalue weighted by atomic mass is 10.2. The van der Waals surface area contributed by atoms with E-state index in [-0.39, 0.29) is 12.0 Å². The standard InChI is InChI=1S/C22H25N5O2/c1-14(2)29-20-10-8-17(9-11-20)26-21-13-22(24-15(3)23-21)27-19-7-5-6-18(12-19)25-16(4)28/h5-14H,1-4H3,(H,25,28)(H2,23,24,26,27). The van der Waals surface area contributed by atoms with E-state index in [1.807, 2.05) is 75.4 Å². The fourth-order valence-electron chi connectivity index (χ4n) is 2.76. The molecule has 3 N–H and O–H groups in total. The molecule has 3 aromatic rings. The number of nitrogens with one attached hydrogen (secondary N) is 3. The summed E-state index contributed by atoms with van der Waals surface area (Å²) >= 11 is 0. The van der Waals surface area contributed by atoms with E-state index in [9.17, 15) is 4.79 Å². The second-order valence-electron chi connectivity index (χ2n) is 6.89. The maximum absolute atomic E-state index is 11.3. The summed E-state index contributed by atoms with van der Waals surface area (Å²) in [5.41, 5.74) is 2.43. The van der Waals surface area contributed by atoms with E-state index < -0.39 is 0 Å². The first-order valence-electron chi connectivity index (χ1n) is 9.41. The summed E-state index contributed by atoms with van der Waals surface area (Å²) in [6.45, 7) is 7.31. The highest BCUT2D eigenvalue weighted by Crippen LogP contribution is 2.23. The van der Waals surface area contributed by atoms with Gasteiger partial charge in [0.1, 0.15) is 23.2 Å². The number of hydrogen-bond acceptors (Lipinski definition) is 6. The van der Waals surface area contributed by atoms with Crippen LogP contribution in [0, 0.1) is 6.92 Å². The van der Waals surface area contributed by atoms with Gasteiger partial charge >= 0.3 is 0 Å². The highest BCUT2D eigenvalue weighted by Gasteiger charge is 2.05. The van der Waals surface area contributed by atoms with Crippen molar-refractivity contribution in [2.45, 2.75) is 33.8 Å². The maximum Gasteiger partial charge on any atom is 0.221 e. The average molecular weight is 391 g/mol. The Morgan fingerprint density at radius 3 is 2.14 bits per heavy atom. The monoisotopic (exact) mass is 391 g/mol. The topological polar surface area (TPSA) is 88.2 Å². The van der Waals surface area contributed by atoms with Crippen molar-refractivity contribution in [3.05, 3.63) is 60.4 Å². The molecule has 0 aliphatic rings. The molecular formula is C22H25N5O2. The average Bonchev–Trinajstić information content (AvgIpc) is 2.62. The van der Waals surface area contributed by atoms with E-state index >= 15 is 0 Å². The number of hydrogen-bond donors (Lipinski definition) is 3. The molecule has 29 heavy (non-hydrogen) atoms. The predicted molar refractivity (Wildman–Crippen MR) is 116 cm³/mol. The van der Waals surface area contributed by atoms with Crippen LogP contribution < -0.4 is 20.7 Å². The smallest absolute Gasteiger partial charge is 0.221 e. The third-order valence-corrected chi connectivity index (χ3v) is 3.79. The lowest BCUT2D eigenvalue weighted by molar-refractivity contribution is -0.114.